The maximum atomic E-state index is 9.79. The van der Waals surface area contributed by atoms with E-state index in [1.165, 1.54) is 4.90 Å². The summed E-state index contributed by atoms with van der Waals surface area (Å²) in [7, 11) is 0. The van der Waals surface area contributed by atoms with Crippen LogP contribution in [0.5, 0.6) is 0 Å². The predicted octanol–water partition coefficient (Wildman–Crippen LogP) is 17.2. The maximum absolute atomic E-state index is 9.79. The minimum Gasteiger partial charge on any atom is -0.455 e. The molecule has 0 aliphatic carbocycles. The van der Waals surface area contributed by atoms with Gasteiger partial charge in [-0.2, -0.15) is 0 Å². The van der Waals surface area contributed by atoms with Gasteiger partial charge in [-0.1, -0.05) is 188 Å². The summed E-state index contributed by atoms with van der Waals surface area (Å²) < 4.78 is 84.0. The largest absolute Gasteiger partial charge is 0.455 e. The summed E-state index contributed by atoms with van der Waals surface area (Å²) in [6, 6.07) is 57.1. The summed E-state index contributed by atoms with van der Waals surface area (Å²) in [6.07, 6.45) is 0. The molecule has 0 atom stereocenters. The number of hydrogen-bond donors (Lipinski definition) is 0. The number of para-hydroxylation sites is 1. The predicted molar refractivity (Wildman–Crippen MR) is 263 cm³/mol. The number of anilines is 3. The van der Waals surface area contributed by atoms with E-state index >= 15 is 0 Å². The van der Waals surface area contributed by atoms with E-state index in [1.807, 2.05) is 133 Å². The van der Waals surface area contributed by atoms with Crippen molar-refractivity contribution in [3.05, 3.63) is 236 Å². The number of hydrogen-bond acceptors (Lipinski definition) is 2. The summed E-state index contributed by atoms with van der Waals surface area (Å²) in [5, 5.41) is 7.60. The van der Waals surface area contributed by atoms with Crippen molar-refractivity contribution in [2.75, 3.05) is 4.90 Å². The molecule has 11 aromatic carbocycles. The molecule has 0 spiro atoms. The zero-order valence-electron chi connectivity index (χ0n) is 41.3. The van der Waals surface area contributed by atoms with Gasteiger partial charge in [0, 0.05) is 33.1 Å². The van der Waals surface area contributed by atoms with Gasteiger partial charge in [-0.25, -0.2) is 0 Å². The number of nitrogens with zero attached hydrogens (tertiary/aromatic N) is 1. The van der Waals surface area contributed by atoms with Crippen LogP contribution in [0.1, 0.15) is 11.0 Å². The Morgan fingerprint density at radius 1 is 0.323 bits per heavy atom. The highest BCUT2D eigenvalue weighted by molar-refractivity contribution is 6.15. The van der Waals surface area contributed by atoms with Crippen molar-refractivity contribution in [3.63, 3.8) is 0 Å². The molecular weight excluding hydrogens is 751 g/mol. The fourth-order valence-corrected chi connectivity index (χ4v) is 8.79. The minimum absolute atomic E-state index is 0.0899. The Morgan fingerprint density at radius 2 is 0.823 bits per heavy atom. The standard InChI is InChI=1S/C60H39NO/c1-4-16-50-42(11-1)14-9-20-52(50)45-25-23-40(24-26-45)41-27-33-48(34-28-41)61(49-35-29-46(30-36-49)53-21-10-15-43-12-2-5-17-51(43)53)58-22-8-7-18-54(58)47-32-38-59-57(39-47)56-37-31-44-13-3-6-19-55(44)60(56)62-59/h1-39H/i27D,28D,29D,30D,33D,34D,35D,36D. The highest BCUT2D eigenvalue weighted by atomic mass is 16.3. The molecule has 0 N–H and O–H groups in total. The average molecular weight is 798 g/mol. The van der Waals surface area contributed by atoms with Crippen LogP contribution in [-0.4, -0.2) is 0 Å². The highest BCUT2D eigenvalue weighted by Gasteiger charge is 2.19. The maximum Gasteiger partial charge on any atom is 0.143 e. The van der Waals surface area contributed by atoms with E-state index in [-0.39, 0.29) is 46.7 Å². The summed E-state index contributed by atoms with van der Waals surface area (Å²) in [4.78, 5) is 1.39. The Bertz CT molecular complexity index is 4060. The van der Waals surface area contributed by atoms with Crippen LogP contribution in [0.25, 0.3) is 98.8 Å². The van der Waals surface area contributed by atoms with Crippen molar-refractivity contribution in [2.24, 2.45) is 0 Å². The molecule has 0 saturated carbocycles. The van der Waals surface area contributed by atoms with Gasteiger partial charge in [0.2, 0.25) is 0 Å². The highest BCUT2D eigenvalue weighted by Crippen LogP contribution is 2.44. The summed E-state index contributed by atoms with van der Waals surface area (Å²) in [5.41, 5.74) is 5.77. The first kappa shape index (κ1) is 28.3. The van der Waals surface area contributed by atoms with E-state index < -0.39 is 24.2 Å². The van der Waals surface area contributed by atoms with Gasteiger partial charge in [0.1, 0.15) is 11.2 Å². The quantitative estimate of drug-likeness (QED) is 0.160. The van der Waals surface area contributed by atoms with Gasteiger partial charge in [-0.05, 0) is 114 Å². The Kier molecular flexibility index (Phi) is 6.76. The van der Waals surface area contributed by atoms with Gasteiger partial charge in [-0.3, -0.25) is 0 Å². The molecular formula is C60H39NO. The van der Waals surface area contributed by atoms with Crippen molar-refractivity contribution < 1.29 is 15.4 Å². The first-order valence-electron chi connectivity index (χ1n) is 24.6. The monoisotopic (exact) mass is 797 g/mol. The fourth-order valence-electron chi connectivity index (χ4n) is 8.79. The normalized spacial score (nSPS) is 13.4. The molecule has 0 unspecified atom stereocenters. The first-order valence-corrected chi connectivity index (χ1v) is 20.6. The lowest BCUT2D eigenvalue weighted by Gasteiger charge is -2.28. The molecule has 0 aliphatic rings. The molecule has 1 aromatic heterocycles. The lowest BCUT2D eigenvalue weighted by molar-refractivity contribution is 0.672. The first-order chi connectivity index (χ1) is 34.1. The smallest absolute Gasteiger partial charge is 0.143 e. The fraction of sp³-hybridized carbons (Fsp3) is 0. The van der Waals surface area contributed by atoms with Crippen LogP contribution in [0.15, 0.2) is 241 Å². The zero-order chi connectivity index (χ0) is 47.9. The molecule has 0 amide bonds. The summed E-state index contributed by atoms with van der Waals surface area (Å²) in [5.74, 6) is 0. The Labute approximate surface area is 371 Å². The molecule has 0 bridgehead atoms. The number of fused-ring (bicyclic) bond motifs is 7. The van der Waals surface area contributed by atoms with Crippen LogP contribution >= 0.6 is 0 Å². The van der Waals surface area contributed by atoms with Crippen LogP contribution in [-0.2, 0) is 0 Å². The van der Waals surface area contributed by atoms with Crippen LogP contribution in [0.4, 0.5) is 17.1 Å². The third-order valence-electron chi connectivity index (χ3n) is 11.8. The molecule has 1 heterocycles. The van der Waals surface area contributed by atoms with E-state index in [4.69, 9.17) is 4.42 Å². The van der Waals surface area contributed by atoms with Crippen molar-refractivity contribution in [2.45, 2.75) is 0 Å². The Balaban J connectivity index is 1.08. The molecule has 62 heavy (non-hydrogen) atoms. The van der Waals surface area contributed by atoms with E-state index in [0.29, 0.717) is 33.5 Å². The number of rotatable bonds is 7. The molecule has 12 aromatic rings. The van der Waals surface area contributed by atoms with E-state index in [1.54, 1.807) is 30.3 Å². The second kappa shape index (κ2) is 14.8. The third kappa shape index (κ3) is 6.12. The van der Waals surface area contributed by atoms with Crippen molar-refractivity contribution in [1.29, 1.82) is 0 Å². The van der Waals surface area contributed by atoms with Crippen LogP contribution in [0.2, 0.25) is 0 Å². The van der Waals surface area contributed by atoms with E-state index in [2.05, 4.69) is 24.3 Å². The average Bonchev–Trinajstić information content (AvgIpc) is 3.78. The van der Waals surface area contributed by atoms with Gasteiger partial charge in [0.05, 0.1) is 16.7 Å². The van der Waals surface area contributed by atoms with E-state index in [0.717, 1.165) is 59.8 Å². The topological polar surface area (TPSA) is 16.4 Å². The molecule has 0 saturated heterocycles. The minimum atomic E-state index is -0.415. The zero-order valence-corrected chi connectivity index (χ0v) is 33.3. The van der Waals surface area contributed by atoms with Gasteiger partial charge < -0.3 is 9.32 Å². The summed E-state index contributed by atoms with van der Waals surface area (Å²) in [6.45, 7) is 0. The Morgan fingerprint density at radius 3 is 1.50 bits per heavy atom. The molecule has 12 rings (SSSR count). The van der Waals surface area contributed by atoms with Crippen molar-refractivity contribution in [1.82, 2.24) is 0 Å². The SMILES string of the molecule is [2H]c1c([2H])c(N(c2ccccc2-c2ccc3oc4c5ccccc5ccc4c3c2)c2c([2H])c([2H])c(-c3cccc4ccccc34)c([2H])c2[2H])c([2H])c([2H])c1-c1ccc(-c2cccc3ccccc23)cc1. The molecule has 290 valence electrons. The third-order valence-corrected chi connectivity index (χ3v) is 11.8. The molecule has 2 heteroatoms. The number of furan rings is 1. The Hall–Kier alpha value is -8.20. The second-order valence-corrected chi connectivity index (χ2v) is 15.4. The molecule has 0 fully saturated rings. The lowest BCUT2D eigenvalue weighted by Crippen LogP contribution is -2.11. The van der Waals surface area contributed by atoms with Gasteiger partial charge in [0.25, 0.3) is 0 Å². The van der Waals surface area contributed by atoms with Gasteiger partial charge in [-0.15, -0.1) is 0 Å². The van der Waals surface area contributed by atoms with Crippen LogP contribution in [0, 0.1) is 0 Å². The lowest BCUT2D eigenvalue weighted by atomic mass is 9.96. The summed E-state index contributed by atoms with van der Waals surface area (Å²) >= 11 is 0. The van der Waals surface area contributed by atoms with E-state index in [9.17, 15) is 11.0 Å². The number of benzene rings is 11. The van der Waals surface area contributed by atoms with Crippen molar-refractivity contribution in [3.8, 4) is 44.5 Å². The van der Waals surface area contributed by atoms with Crippen LogP contribution < -0.4 is 4.90 Å². The molecule has 2 nitrogen and oxygen atoms in total. The van der Waals surface area contributed by atoms with Gasteiger partial charge >= 0.3 is 0 Å². The second-order valence-electron chi connectivity index (χ2n) is 15.4. The van der Waals surface area contributed by atoms with Crippen LogP contribution in [0.3, 0.4) is 0 Å². The van der Waals surface area contributed by atoms with Crippen molar-refractivity contribution >= 4 is 71.3 Å². The van der Waals surface area contributed by atoms with Gasteiger partial charge in [0.15, 0.2) is 0 Å². The molecule has 0 radical (unpaired) electrons. The molecule has 0 aliphatic heterocycles.